The Labute approximate surface area is 696 Å². The summed E-state index contributed by atoms with van der Waals surface area (Å²) in [6.07, 6.45) is 21.0. The molecule has 1 aromatic carbocycles. The molecule has 11 fully saturated rings. The van der Waals surface area contributed by atoms with Gasteiger partial charge in [-0.15, -0.1) is 0 Å². The zero-order valence-corrected chi connectivity index (χ0v) is 76.7. The molecule has 11 aliphatic rings. The van der Waals surface area contributed by atoms with Crippen molar-refractivity contribution in [2.45, 2.75) is 404 Å². The van der Waals surface area contributed by atoms with Gasteiger partial charge in [-0.3, -0.25) is 59.2 Å². The van der Waals surface area contributed by atoms with Crippen LogP contribution in [0.5, 0.6) is 0 Å². The highest BCUT2D eigenvalue weighted by molar-refractivity contribution is 6.10. The molecule has 1 atom stereocenters. The van der Waals surface area contributed by atoms with E-state index in [0.717, 1.165) is 61.4 Å². The van der Waals surface area contributed by atoms with Crippen molar-refractivity contribution < 1.29 is 53.0 Å². The number of likely N-dealkylation sites (tertiary alicyclic amines) is 2. The van der Waals surface area contributed by atoms with Crippen molar-refractivity contribution in [1.29, 1.82) is 0 Å². The van der Waals surface area contributed by atoms with E-state index in [1.54, 1.807) is 0 Å². The number of nitrogens with one attached hydrogen (secondary N) is 8. The molecule has 2 saturated carbocycles. The van der Waals surface area contributed by atoms with Gasteiger partial charge in [0.15, 0.2) is 0 Å². The van der Waals surface area contributed by atoms with Crippen LogP contribution in [-0.4, -0.2) is 231 Å². The second-order valence-corrected chi connectivity index (χ2v) is 44.2. The van der Waals surface area contributed by atoms with Crippen molar-refractivity contribution in [1.82, 2.24) is 71.6 Å². The number of piperidine rings is 4. The lowest BCUT2D eigenvalue weighted by Gasteiger charge is -2.56. The van der Waals surface area contributed by atoms with E-state index < -0.39 is 45.9 Å². The Morgan fingerprint density at radius 3 is 1.25 bits per heavy atom. The Hall–Kier alpha value is -6.03. The summed E-state index contributed by atoms with van der Waals surface area (Å²) in [7, 11) is 6.22. The topological polar surface area (TPSA) is 302 Å². The highest BCUT2D eigenvalue weighted by Crippen LogP contribution is 2.56. The Morgan fingerprint density at radius 2 is 0.828 bits per heavy atom. The van der Waals surface area contributed by atoms with Gasteiger partial charge in [0.1, 0.15) is 27.7 Å². The summed E-state index contributed by atoms with van der Waals surface area (Å²) in [5, 5.41) is 34.5. The highest BCUT2D eigenvalue weighted by atomic mass is 16.5. The van der Waals surface area contributed by atoms with E-state index >= 15 is 0 Å². The van der Waals surface area contributed by atoms with Crippen molar-refractivity contribution in [3.63, 3.8) is 0 Å². The van der Waals surface area contributed by atoms with Crippen LogP contribution in [0.15, 0.2) is 24.3 Å². The van der Waals surface area contributed by atoms with Gasteiger partial charge in [0.25, 0.3) is 23.6 Å². The molecule has 0 aromatic heterocycles. The number of aryl methyl sites for hydroxylation is 1. The minimum absolute atomic E-state index is 0.0213. The van der Waals surface area contributed by atoms with E-state index in [-0.39, 0.29) is 110 Å². The van der Waals surface area contributed by atoms with Crippen LogP contribution in [0.1, 0.15) is 319 Å². The number of carbonyl (C=O) groups is 9. The van der Waals surface area contributed by atoms with Crippen LogP contribution in [0.3, 0.4) is 0 Å². The number of amides is 13. The minimum Gasteiger partial charge on any atom is -0.389 e. The fourth-order valence-corrected chi connectivity index (χ4v) is 24.0. The van der Waals surface area contributed by atoms with Crippen LogP contribution in [0, 0.1) is 29.6 Å². The molecular formula is C90H155N15O11. The first-order valence-electron chi connectivity index (χ1n) is 44.0. The summed E-state index contributed by atoms with van der Waals surface area (Å²) in [4.78, 5) is 128. The maximum Gasteiger partial charge on any atom is 0.344 e. The molecule has 26 heteroatoms. The predicted octanol–water partition coefficient (Wildman–Crippen LogP) is 13.4. The third-order valence-corrected chi connectivity index (χ3v) is 28.7. The number of aliphatic hydroxyl groups excluding tert-OH is 1. The Bertz CT molecular complexity index is 3610. The molecule has 0 bridgehead atoms. The lowest BCUT2D eigenvalue weighted by Crippen LogP contribution is -2.69. The van der Waals surface area contributed by atoms with E-state index in [9.17, 15) is 48.3 Å². The van der Waals surface area contributed by atoms with E-state index in [4.69, 9.17) is 4.74 Å². The smallest absolute Gasteiger partial charge is 0.344 e. The molecule has 0 radical (unpaired) electrons. The number of aliphatic hydroxyl groups is 1. The van der Waals surface area contributed by atoms with Crippen molar-refractivity contribution in [3.8, 4) is 0 Å². The van der Waals surface area contributed by atoms with Crippen LogP contribution in [-0.2, 0) is 28.7 Å². The number of hydrogen-bond donors (Lipinski definition) is 9. The molecule has 26 nitrogen and oxygen atoms in total. The van der Waals surface area contributed by atoms with Gasteiger partial charge in [0, 0.05) is 71.1 Å². The minimum atomic E-state index is -0.868. The molecule has 9 aliphatic heterocycles. The van der Waals surface area contributed by atoms with Gasteiger partial charge in [-0.25, -0.2) is 19.2 Å². The second-order valence-electron chi connectivity index (χ2n) is 44.2. The number of anilines is 1. The summed E-state index contributed by atoms with van der Waals surface area (Å²) in [6, 6.07) is 6.20. The zero-order chi connectivity index (χ0) is 86.8. The van der Waals surface area contributed by atoms with Crippen LogP contribution in [0.4, 0.5) is 24.9 Å². The van der Waals surface area contributed by atoms with Gasteiger partial charge in [-0.1, -0.05) is 111 Å². The number of urea groups is 4. The molecule has 12 rings (SSSR count). The lowest BCUT2D eigenvalue weighted by molar-refractivity contribution is -0.140. The summed E-state index contributed by atoms with van der Waals surface area (Å²) in [5.74, 6) is 0.968. The Morgan fingerprint density at radius 1 is 0.448 bits per heavy atom. The summed E-state index contributed by atoms with van der Waals surface area (Å²) < 4.78 is 5.32. The van der Waals surface area contributed by atoms with Gasteiger partial charge in [-0.2, -0.15) is 5.01 Å². The first-order valence-corrected chi connectivity index (χ1v) is 44.0. The van der Waals surface area contributed by atoms with E-state index in [1.807, 2.05) is 45.2 Å². The molecule has 9 heterocycles. The highest BCUT2D eigenvalue weighted by Gasteiger charge is 2.66. The maximum absolute atomic E-state index is 13.5. The third kappa shape index (κ3) is 19.8. The van der Waals surface area contributed by atoms with Crippen molar-refractivity contribution in [3.05, 3.63) is 29.8 Å². The number of rotatable bonds is 20. The number of ether oxygens (including phenoxy) is 1. The monoisotopic (exact) mass is 1620 g/mol. The number of hydrogen-bond acceptors (Lipinski definition) is 17. The third-order valence-electron chi connectivity index (χ3n) is 28.7. The average Bonchev–Trinajstić information content (AvgIpc) is 1.53. The number of unbranched alkanes of at least 4 members (excludes halogenated alkanes) is 6. The van der Waals surface area contributed by atoms with E-state index in [2.05, 4.69) is 224 Å². The number of imide groups is 4. The SMILES string of the molecule is CCCCCCC1CCC2(CC1)NC1(CC(C)(C)NC(C)(C)C1)C(=O)N2C.CCCOCC(O)CN1C(=O)NC2(CC(C)(C)C(C)C(C)(C)C2)C1=O.CN1C(C)(C)CC2(CC1(C)C)NC(=O)N(CCCCCCN1C(=O)NC3(CC(C)(C)N(C)C(C)(C)C3)C1=O)C2=O.Cc1ccc(NN2C(=O)NC3(CC(C)(C)NC(C)(C)C3)C2=O)cc1. The van der Waals surface area contributed by atoms with Crippen molar-refractivity contribution >= 4 is 59.3 Å². The van der Waals surface area contributed by atoms with E-state index in [1.165, 1.54) is 59.6 Å². The molecule has 9 saturated heterocycles. The zero-order valence-electron chi connectivity index (χ0n) is 76.7. The maximum atomic E-state index is 13.5. The lowest BCUT2D eigenvalue weighted by atomic mass is 9.52. The van der Waals surface area contributed by atoms with Crippen LogP contribution < -0.4 is 42.6 Å². The van der Waals surface area contributed by atoms with Crippen LogP contribution in [0.25, 0.3) is 0 Å². The van der Waals surface area contributed by atoms with Gasteiger partial charge in [0.05, 0.1) is 30.6 Å². The molecule has 116 heavy (non-hydrogen) atoms. The molecule has 13 amide bonds. The molecule has 6 spiro atoms. The number of carbonyl (C=O) groups excluding carboxylic acids is 9. The molecule has 1 aromatic rings. The first-order chi connectivity index (χ1) is 53.2. The van der Waals surface area contributed by atoms with Gasteiger partial charge in [-0.05, 0) is 276 Å². The fraction of sp³-hybridized carbons (Fsp3) is 0.833. The predicted molar refractivity (Wildman–Crippen MR) is 457 cm³/mol. The number of likely N-dealkylation sites (N-methyl/N-ethyl adjacent to an activating group) is 1. The average molecular weight is 1620 g/mol. The Kier molecular flexibility index (Phi) is 27.0. The normalized spacial score (nSPS) is 27.2. The number of hydrazine groups is 1. The molecule has 9 N–H and O–H groups in total. The molecule has 2 aliphatic carbocycles. The number of nitrogens with zero attached hydrogens (tertiary/aromatic N) is 7. The number of benzene rings is 1. The van der Waals surface area contributed by atoms with Crippen LogP contribution >= 0.6 is 0 Å². The van der Waals surface area contributed by atoms with Crippen molar-refractivity contribution in [2.24, 2.45) is 22.7 Å². The molecule has 656 valence electrons. The molecular weight excluding hydrogens is 1470 g/mol. The summed E-state index contributed by atoms with van der Waals surface area (Å²) >= 11 is 0. The quantitative estimate of drug-likeness (QED) is 0.0433. The van der Waals surface area contributed by atoms with Gasteiger partial charge >= 0.3 is 24.1 Å². The summed E-state index contributed by atoms with van der Waals surface area (Å²) in [6.45, 7) is 52.8. The largest absolute Gasteiger partial charge is 0.389 e. The number of β-amino-alcohol motifs (C(OH)–C–C–N with tert-alkyl or cyclic N) is 1. The Balaban J connectivity index is 0.000000181. The molecule has 1 unspecified atom stereocenters. The second kappa shape index (κ2) is 33.4. The van der Waals surface area contributed by atoms with E-state index in [0.29, 0.717) is 101 Å². The van der Waals surface area contributed by atoms with Crippen molar-refractivity contribution in [2.75, 3.05) is 59.4 Å². The fourth-order valence-electron chi connectivity index (χ4n) is 24.0. The van der Waals surface area contributed by atoms with Gasteiger partial charge in [0.2, 0.25) is 5.91 Å². The van der Waals surface area contributed by atoms with Crippen LogP contribution in [0.2, 0.25) is 0 Å². The standard InChI is InChI=1S/C30H52N6O4.C23H43N3O.C19H34N2O4.C18H26N4O2/c1-25(2)17-29(18-26(3,4)33(25)9)21(37)35(23(39)31-29)15-13-11-12-14-16-36-22(38)30(32-24(36)40)19-27(5,6)34(10)28(7,8)20-30;1-7-8-9-10-11-18-12-14-23(15-13-18)25-22(19(27)26(23)6)16-20(2,3)24-21(4,5)17-22;1-7-8-25-10-14(22)9-21-15(23)19(20-16(21)24)11-17(3,4)13(2)18(5,6)12-19;1-12-6-8-13(9-7-12)20-22-14(23)18(19-15(22)24)10-16(2,3)21-17(4,5)11-18/h11-20H2,1-10H3,(H,31,39)(H,32,40);18,24-25H,7-17H2,1-6H3;13-14,22H,7-12H2,1-6H3,(H,20,24);6-9,20-21H,10-11H2,1-5H3,(H,19,24). The van der Waals surface area contributed by atoms with Gasteiger partial charge < -0.3 is 46.6 Å². The first kappa shape index (κ1) is 93.8. The summed E-state index contributed by atoms with van der Waals surface area (Å²) in [5.41, 5.74) is -0.756.